The third kappa shape index (κ3) is 3.56. The largest absolute Gasteiger partial charge is 0.593 e. The number of rotatable bonds is 3. The van der Waals surface area contributed by atoms with Gasteiger partial charge in [-0.2, -0.15) is 13.2 Å². The molecule has 1 unspecified atom stereocenters. The summed E-state index contributed by atoms with van der Waals surface area (Å²) in [6, 6.07) is 3.55. The van der Waals surface area contributed by atoms with Gasteiger partial charge in [0.2, 0.25) is 0 Å². The summed E-state index contributed by atoms with van der Waals surface area (Å²) in [6.07, 6.45) is -4.41. The minimum absolute atomic E-state index is 0.0403. The van der Waals surface area contributed by atoms with Crippen molar-refractivity contribution in [3.8, 4) is 0 Å². The lowest BCUT2D eigenvalue weighted by atomic mass is 9.81. The van der Waals surface area contributed by atoms with Gasteiger partial charge >= 0.3 is 12.1 Å². The van der Waals surface area contributed by atoms with Crippen LogP contribution in [0.4, 0.5) is 13.2 Å². The molecule has 0 amide bonds. The highest BCUT2D eigenvalue weighted by atomic mass is 32.3. The van der Waals surface area contributed by atoms with E-state index >= 15 is 0 Å². The van der Waals surface area contributed by atoms with Gasteiger partial charge in [0.05, 0.1) is 11.0 Å². The molecule has 0 bridgehead atoms. The van der Waals surface area contributed by atoms with Crippen molar-refractivity contribution in [2.75, 3.05) is 13.1 Å². The summed E-state index contributed by atoms with van der Waals surface area (Å²) in [7, 11) is -4.08. The Hall–Kier alpha value is -1.45. The lowest BCUT2D eigenvalue weighted by Gasteiger charge is -2.37. The molecule has 1 N–H and O–H groups in total. The van der Waals surface area contributed by atoms with Gasteiger partial charge in [0.15, 0.2) is 15.3 Å². The Morgan fingerprint density at radius 1 is 1.35 bits per heavy atom. The summed E-state index contributed by atoms with van der Waals surface area (Å²) < 4.78 is 64.1. The van der Waals surface area contributed by atoms with Gasteiger partial charge in [-0.3, -0.25) is 4.79 Å². The quantitative estimate of drug-likeness (QED) is 0.849. The van der Waals surface area contributed by atoms with Gasteiger partial charge in [-0.25, -0.2) is 0 Å². The monoisotopic (exact) mass is 351 g/mol. The van der Waals surface area contributed by atoms with Gasteiger partial charge in [-0.15, -0.1) is 4.31 Å². The molecule has 1 atom stereocenters. The number of hydrogen-bond donors (Lipinski definition) is 1. The van der Waals surface area contributed by atoms with Crippen LogP contribution < -0.4 is 0 Å². The molecule has 0 aromatic heterocycles. The van der Waals surface area contributed by atoms with Crippen molar-refractivity contribution in [1.29, 1.82) is 0 Å². The molecule has 23 heavy (non-hydrogen) atoms. The van der Waals surface area contributed by atoms with Gasteiger partial charge in [-0.05, 0) is 31.9 Å². The SMILES string of the molecule is CC1(C(=O)O)CCN([S+](=O)([O-])c2cccc(C(F)(F)F)c2)CC1. The molecule has 1 aliphatic heterocycles. The molecule has 128 valence electrons. The number of carboxylic acids is 1. The zero-order valence-corrected chi connectivity index (χ0v) is 13.1. The van der Waals surface area contributed by atoms with E-state index in [9.17, 15) is 26.7 Å². The fourth-order valence-corrected chi connectivity index (χ4v) is 3.90. The summed E-state index contributed by atoms with van der Waals surface area (Å²) in [4.78, 5) is 10.7. The molecule has 2 rings (SSSR count). The summed E-state index contributed by atoms with van der Waals surface area (Å²) in [6.45, 7) is 1.45. The van der Waals surface area contributed by atoms with Crippen molar-refractivity contribution < 1.29 is 31.8 Å². The maximum Gasteiger partial charge on any atom is 0.416 e. The fourth-order valence-electron chi connectivity index (χ4n) is 2.42. The molecule has 9 heteroatoms. The molecular formula is C14H16F3NO4S. The van der Waals surface area contributed by atoms with Crippen molar-refractivity contribution in [2.45, 2.75) is 30.8 Å². The van der Waals surface area contributed by atoms with Crippen molar-refractivity contribution in [3.63, 3.8) is 0 Å². The molecule has 1 fully saturated rings. The number of halogens is 3. The van der Waals surface area contributed by atoms with E-state index in [2.05, 4.69) is 0 Å². The standard InChI is InChI=1S/C14H16F3NO4S/c1-13(12(19)20)5-7-18(8-6-13)23(21,22)11-4-2-3-10(9-11)14(15,16)17/h2-4,9H,5-8H2,1H3,(H-,19,20,21,22). The predicted molar refractivity (Wildman–Crippen MR) is 75.1 cm³/mol. The summed E-state index contributed by atoms with van der Waals surface area (Å²) in [5.41, 5.74) is -2.05. The van der Waals surface area contributed by atoms with Gasteiger partial charge in [0.1, 0.15) is 0 Å². The molecule has 1 aromatic rings. The number of benzene rings is 1. The predicted octanol–water partition coefficient (Wildman–Crippen LogP) is 2.80. The summed E-state index contributed by atoms with van der Waals surface area (Å²) in [5.74, 6) is -1.01. The Morgan fingerprint density at radius 2 is 1.91 bits per heavy atom. The maximum absolute atomic E-state index is 12.7. The van der Waals surface area contributed by atoms with E-state index in [0.29, 0.717) is 6.07 Å². The zero-order valence-electron chi connectivity index (χ0n) is 12.3. The average Bonchev–Trinajstić information content (AvgIpc) is 2.47. The topological polar surface area (TPSA) is 80.7 Å². The molecule has 0 spiro atoms. The van der Waals surface area contributed by atoms with Crippen molar-refractivity contribution in [1.82, 2.24) is 4.31 Å². The van der Waals surface area contributed by atoms with Gasteiger partial charge in [0, 0.05) is 19.2 Å². The zero-order chi connectivity index (χ0) is 17.5. The summed E-state index contributed by atoms with van der Waals surface area (Å²) in [5, 5.41) is 9.14. The van der Waals surface area contributed by atoms with Crippen LogP contribution in [0.2, 0.25) is 0 Å². The lowest BCUT2D eigenvalue weighted by molar-refractivity contribution is -0.150. The second kappa shape index (κ2) is 5.88. The van der Waals surface area contributed by atoms with E-state index in [1.165, 1.54) is 6.92 Å². The Labute approximate surface area is 132 Å². The van der Waals surface area contributed by atoms with E-state index in [0.717, 1.165) is 22.5 Å². The van der Waals surface area contributed by atoms with Crippen LogP contribution in [0.5, 0.6) is 0 Å². The Kier molecular flexibility index (Phi) is 4.57. The van der Waals surface area contributed by atoms with Crippen molar-refractivity contribution >= 4 is 16.4 Å². The number of carbonyl (C=O) groups is 1. The number of carboxylic acid groups (broad SMARTS) is 1. The van der Waals surface area contributed by atoms with Crippen LogP contribution in [0.15, 0.2) is 29.2 Å². The Morgan fingerprint density at radius 3 is 2.39 bits per heavy atom. The molecule has 1 aromatic carbocycles. The average molecular weight is 351 g/mol. The van der Waals surface area contributed by atoms with Crippen LogP contribution in [0.25, 0.3) is 0 Å². The third-order valence-corrected chi connectivity index (χ3v) is 6.04. The first-order valence-electron chi connectivity index (χ1n) is 6.88. The molecule has 0 radical (unpaired) electrons. The number of sulfonamides is 1. The van der Waals surface area contributed by atoms with E-state index in [1.807, 2.05) is 0 Å². The van der Waals surface area contributed by atoms with Gasteiger partial charge < -0.3 is 9.66 Å². The van der Waals surface area contributed by atoms with Crippen LogP contribution in [-0.4, -0.2) is 33.0 Å². The highest BCUT2D eigenvalue weighted by Crippen LogP contribution is 2.36. The van der Waals surface area contributed by atoms with Gasteiger partial charge in [-0.1, -0.05) is 10.3 Å². The van der Waals surface area contributed by atoms with Crippen molar-refractivity contribution in [3.05, 3.63) is 29.8 Å². The number of alkyl halides is 3. The minimum Gasteiger partial charge on any atom is -0.593 e. The van der Waals surface area contributed by atoms with Crippen LogP contribution in [0, 0.1) is 5.41 Å². The minimum atomic E-state index is -4.63. The first-order valence-corrected chi connectivity index (χ1v) is 8.32. The number of piperidine rings is 1. The molecule has 5 nitrogen and oxygen atoms in total. The van der Waals surface area contributed by atoms with Crippen LogP contribution in [0.3, 0.4) is 0 Å². The van der Waals surface area contributed by atoms with Gasteiger partial charge in [0.25, 0.3) is 0 Å². The smallest absolute Gasteiger partial charge is 0.416 e. The fraction of sp³-hybridized carbons (Fsp3) is 0.500. The van der Waals surface area contributed by atoms with E-state index in [-0.39, 0.29) is 25.9 Å². The first-order chi connectivity index (χ1) is 10.5. The molecule has 1 saturated heterocycles. The van der Waals surface area contributed by atoms with E-state index in [1.54, 1.807) is 0 Å². The molecule has 1 aliphatic rings. The molecular weight excluding hydrogens is 335 g/mol. The van der Waals surface area contributed by atoms with Crippen LogP contribution in [0.1, 0.15) is 25.3 Å². The lowest BCUT2D eigenvalue weighted by Crippen LogP contribution is -2.47. The van der Waals surface area contributed by atoms with Crippen molar-refractivity contribution in [2.24, 2.45) is 5.41 Å². The highest BCUT2D eigenvalue weighted by molar-refractivity contribution is 7.95. The normalized spacial score (nSPS) is 21.6. The van der Waals surface area contributed by atoms with Crippen LogP contribution >= 0.6 is 0 Å². The Bertz CT molecular complexity index is 654. The molecule has 0 saturated carbocycles. The molecule has 0 aliphatic carbocycles. The van der Waals surface area contributed by atoms with E-state index < -0.39 is 38.4 Å². The summed E-state index contributed by atoms with van der Waals surface area (Å²) >= 11 is 0. The Balaban J connectivity index is 2.24. The first kappa shape index (κ1) is 17.9. The molecule has 1 heterocycles. The highest BCUT2D eigenvalue weighted by Gasteiger charge is 2.43. The third-order valence-electron chi connectivity index (χ3n) is 4.14. The number of hydrogen-bond acceptors (Lipinski definition) is 3. The number of nitrogens with zero attached hydrogens (tertiary/aromatic N) is 1. The second-order valence-electron chi connectivity index (χ2n) is 5.80. The van der Waals surface area contributed by atoms with E-state index in [4.69, 9.17) is 5.11 Å². The maximum atomic E-state index is 12.7. The second-order valence-corrected chi connectivity index (χ2v) is 7.73. The number of aliphatic carboxylic acids is 1. The van der Waals surface area contributed by atoms with Crippen LogP contribution in [-0.2, 0) is 25.6 Å².